The first-order chi connectivity index (χ1) is 6.57. The Kier molecular flexibility index (Phi) is 3.55. The van der Waals surface area contributed by atoms with E-state index in [4.69, 9.17) is 13.0 Å². The van der Waals surface area contributed by atoms with Crippen molar-refractivity contribution in [3.05, 3.63) is 0 Å². The van der Waals surface area contributed by atoms with Gasteiger partial charge in [-0.25, -0.2) is 4.79 Å². The molecule has 1 rings (SSSR count). The quantitative estimate of drug-likeness (QED) is 0.658. The standard InChI is InChI=1S/C9H14BNO3/c1-6(5-10)8(12)11-4-2-3-7(11)9(13)14/h6-7H,2-5H2,1H3,(H,13,14). The summed E-state index contributed by atoms with van der Waals surface area (Å²) in [7, 11) is 5.37. The second kappa shape index (κ2) is 4.48. The van der Waals surface area contributed by atoms with E-state index in [2.05, 4.69) is 0 Å². The SMILES string of the molecule is [B]CC(C)C(=O)N1CCCC1C(=O)O. The smallest absolute Gasteiger partial charge is 0.326 e. The Morgan fingerprint density at radius 2 is 2.29 bits per heavy atom. The minimum absolute atomic E-state index is 0.141. The van der Waals surface area contributed by atoms with Crippen LogP contribution in [0.3, 0.4) is 0 Å². The van der Waals surface area contributed by atoms with Crippen LogP contribution in [0.2, 0.25) is 6.32 Å². The van der Waals surface area contributed by atoms with Crippen molar-refractivity contribution < 1.29 is 14.7 Å². The van der Waals surface area contributed by atoms with Crippen molar-refractivity contribution in [1.29, 1.82) is 0 Å². The zero-order chi connectivity index (χ0) is 10.7. The molecular formula is C9H14BNO3. The van der Waals surface area contributed by atoms with Crippen LogP contribution < -0.4 is 0 Å². The number of carbonyl (C=O) groups is 2. The summed E-state index contributed by atoms with van der Waals surface area (Å²) in [5.74, 6) is -1.34. The van der Waals surface area contributed by atoms with Crippen molar-refractivity contribution in [3.63, 3.8) is 0 Å². The van der Waals surface area contributed by atoms with Gasteiger partial charge in [-0.1, -0.05) is 13.2 Å². The predicted molar refractivity (Wildman–Crippen MR) is 52.1 cm³/mol. The number of carboxylic acids is 1. The number of aliphatic carboxylic acids is 1. The second-order valence-corrected chi connectivity index (χ2v) is 3.66. The van der Waals surface area contributed by atoms with Crippen LogP contribution in [-0.2, 0) is 9.59 Å². The van der Waals surface area contributed by atoms with Crippen molar-refractivity contribution in [1.82, 2.24) is 4.90 Å². The molecule has 1 heterocycles. The molecule has 2 atom stereocenters. The first-order valence-corrected chi connectivity index (χ1v) is 4.81. The molecule has 14 heavy (non-hydrogen) atoms. The van der Waals surface area contributed by atoms with E-state index in [0.717, 1.165) is 6.42 Å². The zero-order valence-corrected chi connectivity index (χ0v) is 8.27. The summed E-state index contributed by atoms with van der Waals surface area (Å²) in [6.45, 7) is 2.26. The summed E-state index contributed by atoms with van der Waals surface area (Å²) in [6.07, 6.45) is 1.58. The van der Waals surface area contributed by atoms with Gasteiger partial charge in [0.05, 0.1) is 7.85 Å². The van der Waals surface area contributed by atoms with E-state index in [-0.39, 0.29) is 18.1 Å². The van der Waals surface area contributed by atoms with Crippen LogP contribution in [0.5, 0.6) is 0 Å². The number of carbonyl (C=O) groups excluding carboxylic acids is 1. The summed E-state index contributed by atoms with van der Waals surface area (Å²) in [5.41, 5.74) is 0. The maximum atomic E-state index is 11.7. The van der Waals surface area contributed by atoms with Gasteiger partial charge in [0, 0.05) is 12.5 Å². The Balaban J connectivity index is 2.67. The predicted octanol–water partition coefficient (Wildman–Crippen LogP) is 0.285. The normalized spacial score (nSPS) is 23.5. The molecule has 5 heteroatoms. The monoisotopic (exact) mass is 195 g/mol. The van der Waals surface area contributed by atoms with Gasteiger partial charge in [-0.3, -0.25) is 4.79 Å². The third-order valence-corrected chi connectivity index (χ3v) is 2.60. The lowest BCUT2D eigenvalue weighted by Crippen LogP contribution is -2.42. The van der Waals surface area contributed by atoms with Crippen LogP contribution >= 0.6 is 0 Å². The van der Waals surface area contributed by atoms with Gasteiger partial charge in [0.2, 0.25) is 5.91 Å². The van der Waals surface area contributed by atoms with Gasteiger partial charge in [-0.2, -0.15) is 0 Å². The summed E-state index contributed by atoms with van der Waals surface area (Å²) in [4.78, 5) is 23.9. The van der Waals surface area contributed by atoms with E-state index < -0.39 is 12.0 Å². The lowest BCUT2D eigenvalue weighted by molar-refractivity contribution is -0.149. The Bertz CT molecular complexity index is 244. The molecule has 1 amide bonds. The molecule has 1 saturated heterocycles. The largest absolute Gasteiger partial charge is 0.480 e. The van der Waals surface area contributed by atoms with Crippen LogP contribution in [0.1, 0.15) is 19.8 Å². The number of hydrogen-bond acceptors (Lipinski definition) is 2. The highest BCUT2D eigenvalue weighted by Gasteiger charge is 2.35. The number of amides is 1. The molecule has 0 aromatic rings. The van der Waals surface area contributed by atoms with Crippen LogP contribution in [-0.4, -0.2) is 42.3 Å². The van der Waals surface area contributed by atoms with Crippen LogP contribution in [0, 0.1) is 5.92 Å². The van der Waals surface area contributed by atoms with Gasteiger partial charge in [-0.05, 0) is 12.8 Å². The molecule has 0 aromatic carbocycles. The summed E-state index contributed by atoms with van der Waals surface area (Å²) < 4.78 is 0. The molecular weight excluding hydrogens is 181 g/mol. The molecule has 0 saturated carbocycles. The molecule has 2 radical (unpaired) electrons. The number of likely N-dealkylation sites (tertiary alicyclic amines) is 1. The average molecular weight is 195 g/mol. The maximum absolute atomic E-state index is 11.7. The molecule has 76 valence electrons. The summed E-state index contributed by atoms with van der Waals surface area (Å²) >= 11 is 0. The molecule has 2 unspecified atom stereocenters. The lowest BCUT2D eigenvalue weighted by Gasteiger charge is -2.24. The zero-order valence-electron chi connectivity index (χ0n) is 8.27. The van der Waals surface area contributed by atoms with E-state index in [1.165, 1.54) is 4.90 Å². The maximum Gasteiger partial charge on any atom is 0.326 e. The molecule has 1 N–H and O–H groups in total. The van der Waals surface area contributed by atoms with Gasteiger partial charge in [0.1, 0.15) is 6.04 Å². The van der Waals surface area contributed by atoms with Gasteiger partial charge < -0.3 is 10.0 Å². The topological polar surface area (TPSA) is 57.6 Å². The van der Waals surface area contributed by atoms with Crippen LogP contribution in [0.15, 0.2) is 0 Å². The molecule has 1 fully saturated rings. The van der Waals surface area contributed by atoms with E-state index >= 15 is 0 Å². The Hall–Kier alpha value is -0.995. The van der Waals surface area contributed by atoms with Crippen molar-refractivity contribution >= 4 is 19.7 Å². The molecule has 0 spiro atoms. The van der Waals surface area contributed by atoms with Gasteiger partial charge >= 0.3 is 5.97 Å². The van der Waals surface area contributed by atoms with E-state index in [1.54, 1.807) is 6.92 Å². The first-order valence-electron chi connectivity index (χ1n) is 4.81. The third kappa shape index (κ3) is 2.08. The fraction of sp³-hybridized carbons (Fsp3) is 0.778. The highest BCUT2D eigenvalue weighted by molar-refractivity contribution is 6.10. The number of hydrogen-bond donors (Lipinski definition) is 1. The van der Waals surface area contributed by atoms with Gasteiger partial charge in [0.15, 0.2) is 0 Å². The van der Waals surface area contributed by atoms with E-state index in [1.807, 2.05) is 0 Å². The van der Waals surface area contributed by atoms with E-state index in [0.29, 0.717) is 13.0 Å². The van der Waals surface area contributed by atoms with Crippen molar-refractivity contribution in [2.75, 3.05) is 6.54 Å². The van der Waals surface area contributed by atoms with Crippen molar-refractivity contribution in [2.45, 2.75) is 32.1 Å². The lowest BCUT2D eigenvalue weighted by atomic mass is 9.91. The number of nitrogens with zero attached hydrogens (tertiary/aromatic N) is 1. The molecule has 0 bridgehead atoms. The Morgan fingerprint density at radius 1 is 1.64 bits per heavy atom. The molecule has 1 aliphatic heterocycles. The fourth-order valence-electron chi connectivity index (χ4n) is 1.67. The minimum Gasteiger partial charge on any atom is -0.480 e. The van der Waals surface area contributed by atoms with Crippen LogP contribution in [0.4, 0.5) is 0 Å². The molecule has 0 aliphatic carbocycles. The number of carboxylic acid groups (broad SMARTS) is 1. The fourth-order valence-corrected chi connectivity index (χ4v) is 1.67. The van der Waals surface area contributed by atoms with E-state index in [9.17, 15) is 9.59 Å². The Morgan fingerprint density at radius 3 is 2.79 bits per heavy atom. The van der Waals surface area contributed by atoms with Crippen molar-refractivity contribution in [2.24, 2.45) is 5.92 Å². The summed E-state index contributed by atoms with van der Waals surface area (Å²) in [6, 6.07) is -0.642. The molecule has 1 aliphatic rings. The van der Waals surface area contributed by atoms with Gasteiger partial charge in [-0.15, -0.1) is 0 Å². The summed E-state index contributed by atoms with van der Waals surface area (Å²) in [5, 5.41) is 8.86. The molecule has 0 aromatic heterocycles. The third-order valence-electron chi connectivity index (χ3n) is 2.60. The minimum atomic E-state index is -0.917. The molecule has 4 nitrogen and oxygen atoms in total. The average Bonchev–Trinajstić information content (AvgIpc) is 2.63. The highest BCUT2D eigenvalue weighted by atomic mass is 16.4. The second-order valence-electron chi connectivity index (χ2n) is 3.66. The Labute approximate surface area is 84.7 Å². The van der Waals surface area contributed by atoms with Crippen molar-refractivity contribution in [3.8, 4) is 0 Å². The highest BCUT2D eigenvalue weighted by Crippen LogP contribution is 2.20. The van der Waals surface area contributed by atoms with Crippen LogP contribution in [0.25, 0.3) is 0 Å². The first kappa shape index (κ1) is 11.1. The number of rotatable bonds is 3. The van der Waals surface area contributed by atoms with Gasteiger partial charge in [0.25, 0.3) is 0 Å².